The van der Waals surface area contributed by atoms with E-state index in [1.54, 1.807) is 17.9 Å². The highest BCUT2D eigenvalue weighted by Crippen LogP contribution is 1.99. The van der Waals surface area contributed by atoms with Crippen LogP contribution in [0.25, 0.3) is 0 Å². The largest absolute Gasteiger partial charge is 0.481 e. The molecule has 0 unspecified atom stereocenters. The minimum absolute atomic E-state index is 0.166. The third kappa shape index (κ3) is 2.07. The van der Waals surface area contributed by atoms with Crippen molar-refractivity contribution >= 4 is 5.97 Å². The molecule has 1 rings (SSSR count). The predicted octanol–water partition coefficient (Wildman–Crippen LogP) is 0.437. The fourth-order valence-corrected chi connectivity index (χ4v) is 0.882. The first kappa shape index (κ1) is 7.78. The van der Waals surface area contributed by atoms with Crippen molar-refractivity contribution in [2.75, 3.05) is 0 Å². The average Bonchev–Trinajstić information content (AvgIpc) is 2.31. The highest BCUT2D eigenvalue weighted by atomic mass is 16.4. The Morgan fingerprint density at radius 3 is 3.00 bits per heavy atom. The van der Waals surface area contributed by atoms with E-state index in [9.17, 15) is 4.79 Å². The first-order valence-electron chi connectivity index (χ1n) is 3.39. The van der Waals surface area contributed by atoms with Crippen LogP contribution in [0.5, 0.6) is 0 Å². The van der Waals surface area contributed by atoms with Crippen LogP contribution in [0.2, 0.25) is 0 Å². The monoisotopic (exact) mass is 154 g/mol. The molecule has 11 heavy (non-hydrogen) atoms. The number of carboxylic acid groups (broad SMARTS) is 1. The lowest BCUT2D eigenvalue weighted by atomic mass is 10.2. The molecule has 0 saturated carbocycles. The minimum atomic E-state index is -0.772. The molecule has 0 spiro atoms. The average molecular weight is 154 g/mol. The normalized spacial score (nSPS) is 9.91. The Labute approximate surface area is 64.5 Å². The summed E-state index contributed by atoms with van der Waals surface area (Å²) in [7, 11) is 1.80. The Morgan fingerprint density at radius 2 is 2.55 bits per heavy atom. The maximum Gasteiger partial charge on any atom is 0.303 e. The minimum Gasteiger partial charge on any atom is -0.481 e. The summed E-state index contributed by atoms with van der Waals surface area (Å²) >= 11 is 0. The van der Waals surface area contributed by atoms with Gasteiger partial charge in [0.1, 0.15) is 0 Å². The lowest BCUT2D eigenvalue weighted by Gasteiger charge is -1.97. The molecule has 0 fully saturated rings. The van der Waals surface area contributed by atoms with Crippen LogP contribution in [-0.2, 0) is 18.3 Å². The second-order valence-electron chi connectivity index (χ2n) is 2.34. The summed E-state index contributed by atoms with van der Waals surface area (Å²) in [5, 5.41) is 12.3. The van der Waals surface area contributed by atoms with Gasteiger partial charge < -0.3 is 5.11 Å². The summed E-state index contributed by atoms with van der Waals surface area (Å²) in [6.45, 7) is 0. The second kappa shape index (κ2) is 3.18. The van der Waals surface area contributed by atoms with E-state index in [1.807, 2.05) is 6.07 Å². The Kier molecular flexibility index (Phi) is 2.25. The van der Waals surface area contributed by atoms with Crippen molar-refractivity contribution in [3.8, 4) is 0 Å². The SMILES string of the molecule is Cn1nccc1CCC(=O)O. The van der Waals surface area contributed by atoms with Gasteiger partial charge in [-0.2, -0.15) is 5.10 Å². The molecule has 0 atom stereocenters. The van der Waals surface area contributed by atoms with Gasteiger partial charge in [-0.05, 0) is 12.5 Å². The quantitative estimate of drug-likeness (QED) is 0.687. The highest BCUT2D eigenvalue weighted by Gasteiger charge is 2.01. The molecule has 0 bridgehead atoms. The maximum atomic E-state index is 10.2. The van der Waals surface area contributed by atoms with Crippen molar-refractivity contribution < 1.29 is 9.90 Å². The maximum absolute atomic E-state index is 10.2. The van der Waals surface area contributed by atoms with Crippen LogP contribution in [0.4, 0.5) is 0 Å². The van der Waals surface area contributed by atoms with Crippen molar-refractivity contribution in [3.63, 3.8) is 0 Å². The van der Waals surface area contributed by atoms with Gasteiger partial charge in [-0.25, -0.2) is 0 Å². The number of hydrogen-bond acceptors (Lipinski definition) is 2. The predicted molar refractivity (Wildman–Crippen MR) is 39.2 cm³/mol. The molecule has 0 saturated heterocycles. The lowest BCUT2D eigenvalue weighted by molar-refractivity contribution is -0.136. The second-order valence-corrected chi connectivity index (χ2v) is 2.34. The number of carbonyl (C=O) groups is 1. The first-order chi connectivity index (χ1) is 5.20. The van der Waals surface area contributed by atoms with E-state index in [0.717, 1.165) is 5.69 Å². The molecular weight excluding hydrogens is 144 g/mol. The zero-order valence-corrected chi connectivity index (χ0v) is 6.32. The van der Waals surface area contributed by atoms with E-state index in [-0.39, 0.29) is 6.42 Å². The third-order valence-electron chi connectivity index (χ3n) is 1.52. The Balaban J connectivity index is 2.51. The molecule has 4 heteroatoms. The van der Waals surface area contributed by atoms with Gasteiger partial charge in [0.15, 0.2) is 0 Å². The van der Waals surface area contributed by atoms with Gasteiger partial charge in [0.25, 0.3) is 0 Å². The number of aliphatic carboxylic acids is 1. The summed E-state index contributed by atoms with van der Waals surface area (Å²) in [5.74, 6) is -0.772. The molecule has 0 aliphatic heterocycles. The molecule has 1 heterocycles. The number of aromatic nitrogens is 2. The summed E-state index contributed by atoms with van der Waals surface area (Å²) in [5.41, 5.74) is 0.951. The van der Waals surface area contributed by atoms with E-state index in [4.69, 9.17) is 5.11 Å². The summed E-state index contributed by atoms with van der Waals surface area (Å²) in [6, 6.07) is 1.82. The fraction of sp³-hybridized carbons (Fsp3) is 0.429. The van der Waals surface area contributed by atoms with Crippen molar-refractivity contribution in [3.05, 3.63) is 18.0 Å². The van der Waals surface area contributed by atoms with E-state index in [2.05, 4.69) is 5.10 Å². The smallest absolute Gasteiger partial charge is 0.303 e. The fourth-order valence-electron chi connectivity index (χ4n) is 0.882. The highest BCUT2D eigenvalue weighted by molar-refractivity contribution is 5.66. The third-order valence-corrected chi connectivity index (χ3v) is 1.52. The Bertz CT molecular complexity index is 255. The number of rotatable bonds is 3. The molecule has 0 amide bonds. The van der Waals surface area contributed by atoms with Crippen LogP contribution >= 0.6 is 0 Å². The van der Waals surface area contributed by atoms with E-state index < -0.39 is 5.97 Å². The molecule has 0 aliphatic rings. The van der Waals surface area contributed by atoms with Gasteiger partial charge in [-0.1, -0.05) is 0 Å². The topological polar surface area (TPSA) is 55.1 Å². The zero-order valence-electron chi connectivity index (χ0n) is 6.32. The molecule has 1 aromatic rings. The summed E-state index contributed by atoms with van der Waals surface area (Å²) < 4.78 is 1.68. The molecule has 1 aromatic heterocycles. The van der Waals surface area contributed by atoms with E-state index in [1.165, 1.54) is 0 Å². The number of hydrogen-bond donors (Lipinski definition) is 1. The number of aryl methyl sites for hydroxylation is 2. The van der Waals surface area contributed by atoms with Gasteiger partial charge >= 0.3 is 5.97 Å². The van der Waals surface area contributed by atoms with Gasteiger partial charge in [-0.15, -0.1) is 0 Å². The molecule has 0 radical (unpaired) electrons. The van der Waals surface area contributed by atoms with E-state index >= 15 is 0 Å². The standard InChI is InChI=1S/C7H10N2O2/c1-9-6(4-5-8-9)2-3-7(10)11/h4-5H,2-3H2,1H3,(H,10,11). The van der Waals surface area contributed by atoms with Crippen molar-refractivity contribution in [2.45, 2.75) is 12.8 Å². The van der Waals surface area contributed by atoms with Crippen LogP contribution in [-0.4, -0.2) is 20.9 Å². The van der Waals surface area contributed by atoms with Crippen molar-refractivity contribution in [1.82, 2.24) is 9.78 Å². The van der Waals surface area contributed by atoms with Gasteiger partial charge in [0.2, 0.25) is 0 Å². The molecule has 1 N–H and O–H groups in total. The van der Waals surface area contributed by atoms with Gasteiger partial charge in [0.05, 0.1) is 6.42 Å². The summed E-state index contributed by atoms with van der Waals surface area (Å²) in [6.07, 6.45) is 2.38. The Morgan fingerprint density at radius 1 is 1.82 bits per heavy atom. The van der Waals surface area contributed by atoms with E-state index in [0.29, 0.717) is 6.42 Å². The van der Waals surface area contributed by atoms with Crippen LogP contribution in [0.15, 0.2) is 12.3 Å². The number of carboxylic acids is 1. The molecular formula is C7H10N2O2. The van der Waals surface area contributed by atoms with Crippen LogP contribution in [0.1, 0.15) is 12.1 Å². The van der Waals surface area contributed by atoms with Crippen LogP contribution in [0.3, 0.4) is 0 Å². The van der Waals surface area contributed by atoms with Crippen molar-refractivity contribution in [1.29, 1.82) is 0 Å². The summed E-state index contributed by atoms with van der Waals surface area (Å²) in [4.78, 5) is 10.2. The zero-order chi connectivity index (χ0) is 8.27. The van der Waals surface area contributed by atoms with Crippen LogP contribution < -0.4 is 0 Å². The van der Waals surface area contributed by atoms with Crippen LogP contribution in [0, 0.1) is 0 Å². The van der Waals surface area contributed by atoms with Gasteiger partial charge in [-0.3, -0.25) is 9.48 Å². The first-order valence-corrected chi connectivity index (χ1v) is 3.39. The Hall–Kier alpha value is -1.32. The lowest BCUT2D eigenvalue weighted by Crippen LogP contribution is -2.02. The molecule has 4 nitrogen and oxygen atoms in total. The molecule has 0 aromatic carbocycles. The van der Waals surface area contributed by atoms with Gasteiger partial charge in [0, 0.05) is 18.9 Å². The molecule has 60 valence electrons. The molecule has 0 aliphatic carbocycles. The number of nitrogens with zero attached hydrogens (tertiary/aromatic N) is 2. The van der Waals surface area contributed by atoms with Crippen molar-refractivity contribution in [2.24, 2.45) is 7.05 Å².